The summed E-state index contributed by atoms with van der Waals surface area (Å²) >= 11 is 0. The zero-order valence-corrected chi connectivity index (χ0v) is 12.8. The first-order valence-corrected chi connectivity index (χ1v) is 8.13. The van der Waals surface area contributed by atoms with Crippen LogP contribution in [0.15, 0.2) is 0 Å². The third-order valence-corrected chi connectivity index (χ3v) is 5.20. The van der Waals surface area contributed by atoms with Crippen LogP contribution in [0.2, 0.25) is 0 Å². The molecule has 2 aliphatic carbocycles. The van der Waals surface area contributed by atoms with Crippen LogP contribution in [-0.4, -0.2) is 34.2 Å². The molecule has 0 aliphatic heterocycles. The molecule has 2 fully saturated rings. The zero-order valence-electron chi connectivity index (χ0n) is 12.8. The first-order valence-electron chi connectivity index (χ1n) is 8.13. The summed E-state index contributed by atoms with van der Waals surface area (Å²) in [6, 6.07) is 0. The van der Waals surface area contributed by atoms with Gasteiger partial charge in [-0.3, -0.25) is 9.59 Å². The van der Waals surface area contributed by atoms with Gasteiger partial charge in [-0.15, -0.1) is 0 Å². The molecule has 0 radical (unpaired) electrons. The largest absolute Gasteiger partial charge is 0.481 e. The molecular weight excluding hydrogens is 270 g/mol. The van der Waals surface area contributed by atoms with Gasteiger partial charge in [0.1, 0.15) is 0 Å². The summed E-state index contributed by atoms with van der Waals surface area (Å²) in [6.45, 7) is 2.07. The Morgan fingerprint density at radius 3 is 2.38 bits per heavy atom. The number of aliphatic carboxylic acids is 1. The molecule has 0 heterocycles. The van der Waals surface area contributed by atoms with Crippen LogP contribution >= 0.6 is 0 Å². The van der Waals surface area contributed by atoms with Crippen LogP contribution < -0.4 is 5.32 Å². The van der Waals surface area contributed by atoms with Crippen molar-refractivity contribution in [1.29, 1.82) is 0 Å². The van der Waals surface area contributed by atoms with Gasteiger partial charge in [0.2, 0.25) is 5.91 Å². The van der Waals surface area contributed by atoms with Crippen LogP contribution in [0.1, 0.15) is 58.3 Å². The number of aliphatic hydroxyl groups is 1. The summed E-state index contributed by atoms with van der Waals surface area (Å²) < 4.78 is 0. The molecule has 5 nitrogen and oxygen atoms in total. The van der Waals surface area contributed by atoms with Gasteiger partial charge in [-0.1, -0.05) is 32.6 Å². The standard InChI is InChI=1S/C16H27NO4/c1-11-5-4-8-16(9-11,10-18)17-14(19)12-6-2-3-7-13(12)15(20)21/h11-13,18H,2-10H2,1H3,(H,17,19)(H,20,21)/t11?,12-,13+,16?/m1/s1. The Balaban J connectivity index is 2.06. The first-order chi connectivity index (χ1) is 9.97. The molecule has 0 saturated heterocycles. The fraction of sp³-hybridized carbons (Fsp3) is 0.875. The van der Waals surface area contributed by atoms with E-state index in [-0.39, 0.29) is 12.5 Å². The van der Waals surface area contributed by atoms with Gasteiger partial charge in [0.05, 0.1) is 24.0 Å². The maximum absolute atomic E-state index is 12.6. The Hall–Kier alpha value is -1.10. The summed E-state index contributed by atoms with van der Waals surface area (Å²) in [6.07, 6.45) is 6.68. The third-order valence-electron chi connectivity index (χ3n) is 5.20. The number of carbonyl (C=O) groups excluding carboxylic acids is 1. The molecule has 2 saturated carbocycles. The van der Waals surface area contributed by atoms with Gasteiger partial charge in [-0.25, -0.2) is 0 Å². The number of nitrogens with one attached hydrogen (secondary N) is 1. The quantitative estimate of drug-likeness (QED) is 0.740. The van der Waals surface area contributed by atoms with Gasteiger partial charge in [-0.2, -0.15) is 0 Å². The van der Waals surface area contributed by atoms with E-state index >= 15 is 0 Å². The van der Waals surface area contributed by atoms with E-state index in [2.05, 4.69) is 12.2 Å². The van der Waals surface area contributed by atoms with Crippen molar-refractivity contribution in [3.8, 4) is 0 Å². The van der Waals surface area contributed by atoms with E-state index in [1.165, 1.54) is 0 Å². The Bertz CT molecular complexity index is 398. The molecule has 0 aromatic rings. The number of aliphatic hydroxyl groups excluding tert-OH is 1. The van der Waals surface area contributed by atoms with Gasteiger partial charge in [0.25, 0.3) is 0 Å². The molecule has 0 aromatic heterocycles. The Kier molecular flexibility index (Phi) is 5.25. The average molecular weight is 297 g/mol. The van der Waals surface area contributed by atoms with Crippen molar-refractivity contribution < 1.29 is 19.8 Å². The summed E-state index contributed by atoms with van der Waals surface area (Å²) in [5, 5.41) is 22.1. The highest BCUT2D eigenvalue weighted by Crippen LogP contribution is 2.35. The molecule has 1 amide bonds. The van der Waals surface area contributed by atoms with E-state index < -0.39 is 23.3 Å². The van der Waals surface area contributed by atoms with Gasteiger partial charge < -0.3 is 15.5 Å². The number of carbonyl (C=O) groups is 2. The second-order valence-corrected chi connectivity index (χ2v) is 6.96. The average Bonchev–Trinajstić information content (AvgIpc) is 2.47. The minimum Gasteiger partial charge on any atom is -0.481 e. The van der Waals surface area contributed by atoms with Crippen LogP contribution in [0.25, 0.3) is 0 Å². The molecule has 2 unspecified atom stereocenters. The Labute approximate surface area is 126 Å². The lowest BCUT2D eigenvalue weighted by atomic mass is 9.75. The lowest BCUT2D eigenvalue weighted by Gasteiger charge is -2.41. The second-order valence-electron chi connectivity index (χ2n) is 6.96. The van der Waals surface area contributed by atoms with Crippen molar-refractivity contribution in [3.63, 3.8) is 0 Å². The Morgan fingerprint density at radius 2 is 1.81 bits per heavy atom. The van der Waals surface area contributed by atoms with E-state index in [1.807, 2.05) is 0 Å². The van der Waals surface area contributed by atoms with Gasteiger partial charge >= 0.3 is 5.97 Å². The van der Waals surface area contributed by atoms with Crippen molar-refractivity contribution in [2.45, 2.75) is 63.8 Å². The van der Waals surface area contributed by atoms with E-state index in [1.54, 1.807) is 0 Å². The Morgan fingerprint density at radius 1 is 1.14 bits per heavy atom. The molecule has 0 aromatic carbocycles. The maximum Gasteiger partial charge on any atom is 0.307 e. The van der Waals surface area contributed by atoms with E-state index in [0.717, 1.165) is 38.5 Å². The highest BCUT2D eigenvalue weighted by atomic mass is 16.4. The summed E-state index contributed by atoms with van der Waals surface area (Å²) in [5.41, 5.74) is -0.546. The van der Waals surface area contributed by atoms with Crippen molar-refractivity contribution >= 4 is 11.9 Å². The van der Waals surface area contributed by atoms with Crippen molar-refractivity contribution in [3.05, 3.63) is 0 Å². The predicted molar refractivity (Wildman–Crippen MR) is 78.7 cm³/mol. The molecule has 21 heavy (non-hydrogen) atoms. The van der Waals surface area contributed by atoms with E-state index in [9.17, 15) is 19.8 Å². The lowest BCUT2D eigenvalue weighted by Crippen LogP contribution is -2.56. The summed E-state index contributed by atoms with van der Waals surface area (Å²) in [4.78, 5) is 23.9. The topological polar surface area (TPSA) is 86.6 Å². The highest BCUT2D eigenvalue weighted by Gasteiger charge is 2.41. The zero-order chi connectivity index (χ0) is 15.5. The molecule has 2 aliphatic rings. The molecule has 0 spiro atoms. The van der Waals surface area contributed by atoms with Gasteiger partial charge in [-0.05, 0) is 31.6 Å². The molecule has 3 N–H and O–H groups in total. The van der Waals surface area contributed by atoms with Gasteiger partial charge in [0.15, 0.2) is 0 Å². The molecule has 5 heteroatoms. The van der Waals surface area contributed by atoms with Crippen molar-refractivity contribution in [1.82, 2.24) is 5.32 Å². The molecule has 0 bridgehead atoms. The van der Waals surface area contributed by atoms with Crippen molar-refractivity contribution in [2.75, 3.05) is 6.61 Å². The number of carboxylic acids is 1. The fourth-order valence-electron chi connectivity index (χ4n) is 4.05. The predicted octanol–water partition coefficient (Wildman–Crippen LogP) is 1.93. The maximum atomic E-state index is 12.6. The molecule has 4 atom stereocenters. The molecule has 2 rings (SSSR count). The fourth-order valence-corrected chi connectivity index (χ4v) is 4.05. The lowest BCUT2D eigenvalue weighted by molar-refractivity contribution is -0.149. The van der Waals surface area contributed by atoms with E-state index in [0.29, 0.717) is 18.8 Å². The van der Waals surface area contributed by atoms with Crippen LogP contribution in [0.3, 0.4) is 0 Å². The van der Waals surface area contributed by atoms with Crippen LogP contribution in [0.5, 0.6) is 0 Å². The monoisotopic (exact) mass is 297 g/mol. The van der Waals surface area contributed by atoms with Crippen LogP contribution in [0, 0.1) is 17.8 Å². The number of amides is 1. The number of carboxylic acid groups (broad SMARTS) is 1. The minimum atomic E-state index is -0.870. The number of hydrogen-bond acceptors (Lipinski definition) is 3. The summed E-state index contributed by atoms with van der Waals surface area (Å²) in [7, 11) is 0. The van der Waals surface area contributed by atoms with Gasteiger partial charge in [0, 0.05) is 0 Å². The second kappa shape index (κ2) is 6.77. The molecule has 120 valence electrons. The molecular formula is C16H27NO4. The third kappa shape index (κ3) is 3.76. The minimum absolute atomic E-state index is 0.0620. The first kappa shape index (κ1) is 16.3. The normalized spacial score (nSPS) is 37.0. The van der Waals surface area contributed by atoms with Crippen LogP contribution in [-0.2, 0) is 9.59 Å². The smallest absolute Gasteiger partial charge is 0.307 e. The summed E-state index contributed by atoms with van der Waals surface area (Å²) in [5.74, 6) is -1.59. The van der Waals surface area contributed by atoms with E-state index in [4.69, 9.17) is 0 Å². The number of hydrogen-bond donors (Lipinski definition) is 3. The van der Waals surface area contributed by atoms with Crippen LogP contribution in [0.4, 0.5) is 0 Å². The SMILES string of the molecule is CC1CCCC(CO)(NC(=O)[C@@H]2CCCC[C@@H]2C(=O)O)C1. The van der Waals surface area contributed by atoms with Crippen molar-refractivity contribution in [2.24, 2.45) is 17.8 Å². The number of rotatable bonds is 4. The highest BCUT2D eigenvalue weighted by molar-refractivity contribution is 5.85.